The van der Waals surface area contributed by atoms with Crippen molar-refractivity contribution in [2.24, 2.45) is 0 Å². The number of aryl methyl sites for hydroxylation is 1. The molecule has 2 aromatic rings. The maximum atomic E-state index is 14.5. The Morgan fingerprint density at radius 2 is 1.81 bits per heavy atom. The van der Waals surface area contributed by atoms with Crippen LogP contribution >= 0.6 is 35.0 Å². The number of nitrogens with one attached hydrogen (secondary N) is 1. The van der Waals surface area contributed by atoms with Crippen LogP contribution < -0.4 is 5.32 Å². The molecule has 0 aliphatic rings. The fraction of sp³-hybridized carbons (Fsp3) is 0.235. The summed E-state index contributed by atoms with van der Waals surface area (Å²) < 4.78 is 52.0. The highest BCUT2D eigenvalue weighted by atomic mass is 35.5. The standard InChI is InChI=1S/C17H13Cl2F4NOS/c1-8-3-13(20)11(6-15(8)26-7-17(21,22)23)12-4-10(18)5-14(16(12)19)24-9(2)25/h3-6H,7H2,1-2H3,(H,24,25). The summed E-state index contributed by atoms with van der Waals surface area (Å²) in [6, 6.07) is 5.24. The summed E-state index contributed by atoms with van der Waals surface area (Å²) in [6.45, 7) is 2.79. The SMILES string of the molecule is CC(=O)Nc1cc(Cl)cc(-c2cc(SCC(F)(F)F)c(C)cc2F)c1Cl. The van der Waals surface area contributed by atoms with Crippen molar-refractivity contribution in [3.8, 4) is 11.1 Å². The topological polar surface area (TPSA) is 29.1 Å². The van der Waals surface area contributed by atoms with Crippen LogP contribution in [-0.4, -0.2) is 17.8 Å². The van der Waals surface area contributed by atoms with Crippen LogP contribution in [0.1, 0.15) is 12.5 Å². The van der Waals surface area contributed by atoms with E-state index < -0.39 is 23.7 Å². The monoisotopic (exact) mass is 425 g/mol. The highest BCUT2D eigenvalue weighted by Crippen LogP contribution is 2.40. The van der Waals surface area contributed by atoms with Gasteiger partial charge in [0.25, 0.3) is 0 Å². The van der Waals surface area contributed by atoms with Crippen LogP contribution in [0.2, 0.25) is 10.0 Å². The van der Waals surface area contributed by atoms with Crippen molar-refractivity contribution in [3.05, 3.63) is 45.7 Å². The van der Waals surface area contributed by atoms with Crippen LogP contribution in [-0.2, 0) is 4.79 Å². The highest BCUT2D eigenvalue weighted by molar-refractivity contribution is 7.99. The highest BCUT2D eigenvalue weighted by Gasteiger charge is 2.28. The van der Waals surface area contributed by atoms with Crippen molar-refractivity contribution < 1.29 is 22.4 Å². The molecule has 2 nitrogen and oxygen atoms in total. The zero-order valence-corrected chi connectivity index (χ0v) is 15.9. The number of carbonyl (C=O) groups is 1. The Morgan fingerprint density at radius 3 is 2.38 bits per heavy atom. The smallest absolute Gasteiger partial charge is 0.325 e. The summed E-state index contributed by atoms with van der Waals surface area (Å²) in [4.78, 5) is 11.5. The Morgan fingerprint density at radius 1 is 1.15 bits per heavy atom. The van der Waals surface area contributed by atoms with E-state index in [1.165, 1.54) is 32.0 Å². The fourth-order valence-electron chi connectivity index (χ4n) is 2.24. The average molecular weight is 426 g/mol. The number of anilines is 1. The van der Waals surface area contributed by atoms with Crippen LogP contribution in [0.4, 0.5) is 23.2 Å². The lowest BCUT2D eigenvalue weighted by Gasteiger charge is -2.15. The van der Waals surface area contributed by atoms with Gasteiger partial charge in [0, 0.05) is 28.0 Å². The second-order valence-electron chi connectivity index (χ2n) is 5.50. The van der Waals surface area contributed by atoms with Crippen LogP contribution in [0.5, 0.6) is 0 Å². The third kappa shape index (κ3) is 5.28. The van der Waals surface area contributed by atoms with Crippen LogP contribution in [0.15, 0.2) is 29.2 Å². The number of alkyl halides is 3. The van der Waals surface area contributed by atoms with E-state index in [-0.39, 0.29) is 31.8 Å². The summed E-state index contributed by atoms with van der Waals surface area (Å²) in [6.07, 6.45) is -4.35. The molecule has 0 aliphatic heterocycles. The van der Waals surface area contributed by atoms with Crippen molar-refractivity contribution in [1.82, 2.24) is 0 Å². The van der Waals surface area contributed by atoms with Crippen molar-refractivity contribution >= 4 is 46.6 Å². The Kier molecular flexibility index (Phi) is 6.47. The van der Waals surface area contributed by atoms with Gasteiger partial charge in [-0.05, 0) is 36.8 Å². The molecule has 26 heavy (non-hydrogen) atoms. The van der Waals surface area contributed by atoms with Gasteiger partial charge in [-0.3, -0.25) is 4.79 Å². The van der Waals surface area contributed by atoms with E-state index >= 15 is 0 Å². The van der Waals surface area contributed by atoms with Gasteiger partial charge in [-0.1, -0.05) is 23.2 Å². The van der Waals surface area contributed by atoms with Crippen LogP contribution in [0.3, 0.4) is 0 Å². The Hall–Kier alpha value is -1.44. The molecular weight excluding hydrogens is 413 g/mol. The first kappa shape index (κ1) is 20.9. The zero-order chi connectivity index (χ0) is 19.6. The molecule has 0 aromatic heterocycles. The zero-order valence-electron chi connectivity index (χ0n) is 13.6. The minimum atomic E-state index is -4.35. The van der Waals surface area contributed by atoms with E-state index in [1.807, 2.05) is 0 Å². The molecule has 9 heteroatoms. The second kappa shape index (κ2) is 8.06. The molecule has 0 saturated carbocycles. The molecule has 0 radical (unpaired) electrons. The first-order chi connectivity index (χ1) is 12.0. The minimum absolute atomic E-state index is 0.000577. The molecule has 0 spiro atoms. The van der Waals surface area contributed by atoms with E-state index in [4.69, 9.17) is 23.2 Å². The van der Waals surface area contributed by atoms with Gasteiger partial charge in [0.2, 0.25) is 5.91 Å². The Bertz CT molecular complexity index is 856. The molecule has 0 saturated heterocycles. The van der Waals surface area contributed by atoms with E-state index in [2.05, 4.69) is 5.32 Å². The van der Waals surface area contributed by atoms with Gasteiger partial charge < -0.3 is 5.32 Å². The molecule has 140 valence electrons. The predicted octanol–water partition coefficient (Wildman–Crippen LogP) is 6.72. The number of hydrogen-bond donors (Lipinski definition) is 1. The molecular formula is C17H13Cl2F4NOS. The number of halogens is 6. The summed E-state index contributed by atoms with van der Waals surface area (Å²) >= 11 is 12.8. The van der Waals surface area contributed by atoms with Crippen molar-refractivity contribution in [2.75, 3.05) is 11.1 Å². The van der Waals surface area contributed by atoms with Gasteiger partial charge >= 0.3 is 6.18 Å². The molecule has 0 bridgehead atoms. The number of carbonyl (C=O) groups excluding carboxylic acids is 1. The summed E-state index contributed by atoms with van der Waals surface area (Å²) in [5.74, 6) is -2.15. The molecule has 2 aromatic carbocycles. The molecule has 0 heterocycles. The third-order valence-electron chi connectivity index (χ3n) is 3.29. The van der Waals surface area contributed by atoms with Gasteiger partial charge in [-0.2, -0.15) is 13.2 Å². The molecule has 0 atom stereocenters. The maximum absolute atomic E-state index is 14.5. The van der Waals surface area contributed by atoms with E-state index in [0.717, 1.165) is 6.07 Å². The first-order valence-electron chi connectivity index (χ1n) is 7.24. The Labute approximate surface area is 161 Å². The lowest BCUT2D eigenvalue weighted by Crippen LogP contribution is -2.10. The maximum Gasteiger partial charge on any atom is 0.398 e. The quantitative estimate of drug-likeness (QED) is 0.434. The average Bonchev–Trinajstić information content (AvgIpc) is 2.48. The van der Waals surface area contributed by atoms with Crippen molar-refractivity contribution in [2.45, 2.75) is 24.9 Å². The third-order valence-corrected chi connectivity index (χ3v) is 5.14. The number of benzene rings is 2. The van der Waals surface area contributed by atoms with E-state index in [1.54, 1.807) is 0 Å². The van der Waals surface area contributed by atoms with Gasteiger partial charge in [0.05, 0.1) is 16.5 Å². The fourth-order valence-corrected chi connectivity index (χ4v) is 3.52. The van der Waals surface area contributed by atoms with Gasteiger partial charge in [0.1, 0.15) is 5.82 Å². The van der Waals surface area contributed by atoms with E-state index in [9.17, 15) is 22.4 Å². The summed E-state index contributed by atoms with van der Waals surface area (Å²) in [5, 5.41) is 2.72. The Balaban J connectivity index is 2.54. The van der Waals surface area contributed by atoms with Crippen molar-refractivity contribution in [1.29, 1.82) is 0 Å². The summed E-state index contributed by atoms with van der Waals surface area (Å²) in [7, 11) is 0. The lowest BCUT2D eigenvalue weighted by molar-refractivity contribution is -0.114. The number of hydrogen-bond acceptors (Lipinski definition) is 2. The molecule has 0 fully saturated rings. The lowest BCUT2D eigenvalue weighted by atomic mass is 10.0. The normalized spacial score (nSPS) is 11.5. The summed E-state index contributed by atoms with van der Waals surface area (Å²) in [5.41, 5.74) is 0.737. The van der Waals surface area contributed by atoms with Crippen LogP contribution in [0, 0.1) is 12.7 Å². The largest absolute Gasteiger partial charge is 0.398 e. The molecule has 0 aliphatic carbocycles. The van der Waals surface area contributed by atoms with Gasteiger partial charge in [0.15, 0.2) is 0 Å². The molecule has 1 amide bonds. The van der Waals surface area contributed by atoms with Gasteiger partial charge in [-0.15, -0.1) is 11.8 Å². The molecule has 1 N–H and O–H groups in total. The molecule has 0 unspecified atom stereocenters. The van der Waals surface area contributed by atoms with Crippen molar-refractivity contribution in [3.63, 3.8) is 0 Å². The van der Waals surface area contributed by atoms with Crippen LogP contribution in [0.25, 0.3) is 11.1 Å². The number of thioether (sulfide) groups is 1. The predicted molar refractivity (Wildman–Crippen MR) is 97.7 cm³/mol. The van der Waals surface area contributed by atoms with E-state index in [0.29, 0.717) is 17.3 Å². The minimum Gasteiger partial charge on any atom is -0.325 e. The first-order valence-corrected chi connectivity index (χ1v) is 8.99. The number of amides is 1. The molecule has 2 rings (SSSR count). The number of rotatable bonds is 4. The van der Waals surface area contributed by atoms with Gasteiger partial charge in [-0.25, -0.2) is 4.39 Å². The second-order valence-corrected chi connectivity index (χ2v) is 7.33.